The lowest BCUT2D eigenvalue weighted by Crippen LogP contribution is -2.27. The zero-order valence-corrected chi connectivity index (χ0v) is 19.3. The van der Waals surface area contributed by atoms with Crippen LogP contribution >= 0.6 is 27.7 Å². The van der Waals surface area contributed by atoms with Gasteiger partial charge < -0.3 is 9.47 Å². The van der Waals surface area contributed by atoms with E-state index < -0.39 is 0 Å². The second-order valence-electron chi connectivity index (χ2n) is 6.77. The van der Waals surface area contributed by atoms with Crippen molar-refractivity contribution in [1.29, 1.82) is 0 Å². The molecule has 0 radical (unpaired) electrons. The molecular weight excluding hydrogens is 497 g/mol. The predicted molar refractivity (Wildman–Crippen MR) is 126 cm³/mol. The first kappa shape index (κ1) is 22.1. The Morgan fingerprint density at radius 3 is 2.50 bits per heavy atom. The average molecular weight is 514 g/mol. The molecular formula is C24H17BrFNO4S. The highest BCUT2D eigenvalue weighted by Gasteiger charge is 2.36. The molecule has 0 aliphatic carbocycles. The van der Waals surface area contributed by atoms with Crippen molar-refractivity contribution in [2.75, 3.05) is 12.0 Å². The predicted octanol–water partition coefficient (Wildman–Crippen LogP) is 6.42. The minimum atomic E-state index is -0.388. The molecule has 4 rings (SSSR count). The van der Waals surface area contributed by atoms with Crippen molar-refractivity contribution < 1.29 is 23.5 Å². The first-order valence-electron chi connectivity index (χ1n) is 9.54. The highest BCUT2D eigenvalue weighted by Crippen LogP contribution is 2.40. The fraction of sp³-hybridized carbons (Fsp3) is 0.0833. The molecule has 1 aliphatic heterocycles. The van der Waals surface area contributed by atoms with Gasteiger partial charge in [-0.1, -0.05) is 36.4 Å². The Morgan fingerprint density at radius 1 is 1.06 bits per heavy atom. The number of methoxy groups -OCH3 is 1. The number of anilines is 1. The molecule has 0 aromatic heterocycles. The summed E-state index contributed by atoms with van der Waals surface area (Å²) in [5, 5.41) is -0.358. The molecule has 0 unspecified atom stereocenters. The molecule has 0 saturated carbocycles. The lowest BCUT2D eigenvalue weighted by atomic mass is 10.1. The molecule has 3 aromatic rings. The Bertz CT molecular complexity index is 1220. The molecule has 1 heterocycles. The van der Waals surface area contributed by atoms with E-state index in [2.05, 4.69) is 15.9 Å². The number of amides is 2. The van der Waals surface area contributed by atoms with Crippen LogP contribution in [-0.4, -0.2) is 18.3 Å². The summed E-state index contributed by atoms with van der Waals surface area (Å²) in [7, 11) is 1.49. The fourth-order valence-corrected chi connectivity index (χ4v) is 4.56. The summed E-state index contributed by atoms with van der Waals surface area (Å²) in [4.78, 5) is 26.7. The number of imide groups is 1. The van der Waals surface area contributed by atoms with Crippen molar-refractivity contribution in [1.82, 2.24) is 0 Å². The Kier molecular flexibility index (Phi) is 6.62. The molecule has 0 spiro atoms. The number of para-hydroxylation sites is 1. The van der Waals surface area contributed by atoms with Gasteiger partial charge in [0, 0.05) is 5.56 Å². The van der Waals surface area contributed by atoms with Gasteiger partial charge in [0.05, 0.1) is 22.2 Å². The van der Waals surface area contributed by atoms with Crippen LogP contribution in [0.4, 0.5) is 14.9 Å². The topological polar surface area (TPSA) is 55.8 Å². The van der Waals surface area contributed by atoms with Gasteiger partial charge >= 0.3 is 0 Å². The lowest BCUT2D eigenvalue weighted by Gasteiger charge is -2.14. The van der Waals surface area contributed by atoms with Crippen LogP contribution in [0.3, 0.4) is 0 Å². The fourth-order valence-electron chi connectivity index (χ4n) is 3.15. The van der Waals surface area contributed by atoms with Gasteiger partial charge in [-0.15, -0.1) is 0 Å². The van der Waals surface area contributed by atoms with Gasteiger partial charge in [-0.3, -0.25) is 9.59 Å². The van der Waals surface area contributed by atoms with Crippen LogP contribution < -0.4 is 14.4 Å². The van der Waals surface area contributed by atoms with Gasteiger partial charge in [-0.2, -0.15) is 0 Å². The number of benzene rings is 3. The number of hydrogen-bond donors (Lipinski definition) is 0. The normalized spacial score (nSPS) is 14.8. The third-order valence-electron chi connectivity index (χ3n) is 4.69. The number of carbonyl (C=O) groups is 2. The van der Waals surface area contributed by atoms with E-state index in [4.69, 9.17) is 9.47 Å². The zero-order chi connectivity index (χ0) is 22.7. The standard InChI is InChI=1S/C24H17BrFNO4S/c1-30-20-12-15(11-18(25)22(20)31-14-16-7-5-6-10-19(16)26)13-21-23(28)27(24(29)32-21)17-8-3-2-4-9-17/h2-13H,14H2,1H3/b21-13-. The smallest absolute Gasteiger partial charge is 0.298 e. The van der Waals surface area contributed by atoms with Crippen molar-refractivity contribution in [3.05, 3.63) is 93.1 Å². The monoisotopic (exact) mass is 513 g/mol. The van der Waals surface area contributed by atoms with Crippen LogP contribution in [0.2, 0.25) is 0 Å². The quantitative estimate of drug-likeness (QED) is 0.356. The highest BCUT2D eigenvalue weighted by molar-refractivity contribution is 9.10. The Morgan fingerprint density at radius 2 is 1.78 bits per heavy atom. The number of rotatable bonds is 6. The maximum absolute atomic E-state index is 13.9. The Balaban J connectivity index is 1.59. The first-order valence-corrected chi connectivity index (χ1v) is 11.2. The van der Waals surface area contributed by atoms with Gasteiger partial charge in [0.15, 0.2) is 11.5 Å². The second-order valence-corrected chi connectivity index (χ2v) is 8.61. The number of halogens is 2. The third kappa shape index (κ3) is 4.56. The highest BCUT2D eigenvalue weighted by atomic mass is 79.9. The molecule has 0 atom stereocenters. The van der Waals surface area contributed by atoms with Crippen molar-refractivity contribution in [2.24, 2.45) is 0 Å². The van der Waals surface area contributed by atoms with Crippen LogP contribution in [0, 0.1) is 5.82 Å². The molecule has 162 valence electrons. The van der Waals surface area contributed by atoms with Crippen LogP contribution in [0.5, 0.6) is 11.5 Å². The summed E-state index contributed by atoms with van der Waals surface area (Å²) in [5.41, 5.74) is 1.58. The third-order valence-corrected chi connectivity index (χ3v) is 6.15. The SMILES string of the molecule is COc1cc(/C=C2\SC(=O)N(c3ccccc3)C2=O)cc(Br)c1OCc1ccccc1F. The molecule has 0 bridgehead atoms. The minimum absolute atomic E-state index is 0.0247. The zero-order valence-electron chi connectivity index (χ0n) is 16.9. The maximum atomic E-state index is 13.9. The number of hydrogen-bond acceptors (Lipinski definition) is 5. The van der Waals surface area contributed by atoms with Gasteiger partial charge in [-0.05, 0) is 69.7 Å². The lowest BCUT2D eigenvalue weighted by molar-refractivity contribution is -0.113. The maximum Gasteiger partial charge on any atom is 0.298 e. The summed E-state index contributed by atoms with van der Waals surface area (Å²) >= 11 is 4.33. The molecule has 32 heavy (non-hydrogen) atoms. The van der Waals surface area contributed by atoms with E-state index in [9.17, 15) is 14.0 Å². The number of nitrogens with zero attached hydrogens (tertiary/aromatic N) is 1. The molecule has 1 saturated heterocycles. The molecule has 1 fully saturated rings. The summed E-state index contributed by atoms with van der Waals surface area (Å²) in [5.74, 6) is 0.0732. The van der Waals surface area contributed by atoms with Gasteiger partial charge in [0.2, 0.25) is 0 Å². The van der Waals surface area contributed by atoms with E-state index in [0.29, 0.717) is 37.7 Å². The average Bonchev–Trinajstić information content (AvgIpc) is 3.07. The van der Waals surface area contributed by atoms with Gasteiger partial charge in [-0.25, -0.2) is 9.29 Å². The van der Waals surface area contributed by atoms with E-state index in [-0.39, 0.29) is 23.6 Å². The molecule has 8 heteroatoms. The van der Waals surface area contributed by atoms with E-state index >= 15 is 0 Å². The van der Waals surface area contributed by atoms with Gasteiger partial charge in [0.1, 0.15) is 12.4 Å². The summed E-state index contributed by atoms with van der Waals surface area (Å²) in [6.45, 7) is 0.0247. The van der Waals surface area contributed by atoms with Gasteiger partial charge in [0.25, 0.3) is 11.1 Å². The Labute approximate surface area is 197 Å². The van der Waals surface area contributed by atoms with E-state index in [0.717, 1.165) is 16.7 Å². The number of thioether (sulfide) groups is 1. The summed E-state index contributed by atoms with van der Waals surface area (Å²) < 4.78 is 25.7. The van der Waals surface area contributed by atoms with E-state index in [1.165, 1.54) is 13.2 Å². The molecule has 0 N–H and O–H groups in total. The van der Waals surface area contributed by atoms with Crippen LogP contribution in [0.15, 0.2) is 76.1 Å². The van der Waals surface area contributed by atoms with Crippen molar-refractivity contribution in [3.8, 4) is 11.5 Å². The van der Waals surface area contributed by atoms with E-state index in [1.807, 2.05) is 6.07 Å². The first-order chi connectivity index (χ1) is 15.5. The molecule has 1 aliphatic rings. The van der Waals surface area contributed by atoms with Crippen LogP contribution in [-0.2, 0) is 11.4 Å². The van der Waals surface area contributed by atoms with Crippen molar-refractivity contribution in [2.45, 2.75) is 6.61 Å². The minimum Gasteiger partial charge on any atom is -0.493 e. The molecule has 2 amide bonds. The molecule has 5 nitrogen and oxygen atoms in total. The van der Waals surface area contributed by atoms with Crippen LogP contribution in [0.1, 0.15) is 11.1 Å². The molecule has 3 aromatic carbocycles. The number of ether oxygens (including phenoxy) is 2. The van der Waals surface area contributed by atoms with Crippen molar-refractivity contribution >= 4 is 50.6 Å². The van der Waals surface area contributed by atoms with E-state index in [1.54, 1.807) is 60.7 Å². The Hall–Kier alpha value is -3.10. The largest absolute Gasteiger partial charge is 0.493 e. The second kappa shape index (κ2) is 9.58. The number of carbonyl (C=O) groups excluding carboxylic acids is 2. The summed E-state index contributed by atoms with van der Waals surface area (Å²) in [6.07, 6.45) is 1.63. The van der Waals surface area contributed by atoms with Crippen LogP contribution in [0.25, 0.3) is 6.08 Å². The summed E-state index contributed by atoms with van der Waals surface area (Å²) in [6, 6.07) is 18.6. The van der Waals surface area contributed by atoms with Crippen molar-refractivity contribution in [3.63, 3.8) is 0 Å².